The summed E-state index contributed by atoms with van der Waals surface area (Å²) in [6, 6.07) is 19.4. The molecule has 0 radical (unpaired) electrons. The summed E-state index contributed by atoms with van der Waals surface area (Å²) in [6.45, 7) is -0.588. The number of hydrogen-bond donors (Lipinski definition) is 1. The van der Waals surface area contributed by atoms with E-state index < -0.39 is 27.4 Å². The van der Waals surface area contributed by atoms with E-state index >= 15 is 0 Å². The topological polar surface area (TPSA) is 131 Å². The monoisotopic (exact) mass is 468 g/mol. The van der Waals surface area contributed by atoms with Crippen LogP contribution in [0.4, 0.5) is 11.4 Å². The van der Waals surface area contributed by atoms with Crippen molar-refractivity contribution in [3.05, 3.63) is 94.5 Å². The molecule has 0 bridgehead atoms. The van der Waals surface area contributed by atoms with Crippen molar-refractivity contribution < 1.29 is 22.9 Å². The summed E-state index contributed by atoms with van der Waals surface area (Å²) >= 11 is 0. The molecule has 33 heavy (non-hydrogen) atoms. The highest BCUT2D eigenvalue weighted by atomic mass is 32.2. The highest BCUT2D eigenvalue weighted by Gasteiger charge is 2.27. The molecular weight excluding hydrogens is 448 g/mol. The van der Waals surface area contributed by atoms with Crippen LogP contribution in [0.3, 0.4) is 0 Å². The van der Waals surface area contributed by atoms with Crippen molar-refractivity contribution >= 4 is 33.5 Å². The van der Waals surface area contributed by atoms with Crippen molar-refractivity contribution in [2.75, 3.05) is 18.0 Å². The number of nitro benzene ring substituents is 1. The Morgan fingerprint density at radius 3 is 2.27 bits per heavy atom. The molecule has 0 saturated carbocycles. The molecule has 170 valence electrons. The van der Waals surface area contributed by atoms with Crippen molar-refractivity contribution in [2.24, 2.45) is 5.10 Å². The number of ether oxygens (including phenoxy) is 1. The molecular formula is C22H20N4O6S. The van der Waals surface area contributed by atoms with Crippen LogP contribution in [0.25, 0.3) is 0 Å². The zero-order chi connectivity index (χ0) is 23.8. The van der Waals surface area contributed by atoms with Gasteiger partial charge in [-0.05, 0) is 54.1 Å². The third-order valence-electron chi connectivity index (χ3n) is 4.49. The molecule has 3 aromatic rings. The Morgan fingerprint density at radius 1 is 1.06 bits per heavy atom. The van der Waals surface area contributed by atoms with E-state index in [0.717, 1.165) is 4.31 Å². The Kier molecular flexibility index (Phi) is 7.36. The summed E-state index contributed by atoms with van der Waals surface area (Å²) < 4.78 is 32.3. The van der Waals surface area contributed by atoms with E-state index in [0.29, 0.717) is 11.3 Å². The van der Waals surface area contributed by atoms with Gasteiger partial charge in [-0.1, -0.05) is 18.2 Å². The van der Waals surface area contributed by atoms with Crippen LogP contribution in [0.5, 0.6) is 5.75 Å². The van der Waals surface area contributed by atoms with Gasteiger partial charge in [0.2, 0.25) is 0 Å². The van der Waals surface area contributed by atoms with Gasteiger partial charge in [-0.3, -0.25) is 19.2 Å². The number of benzene rings is 3. The third-order valence-corrected chi connectivity index (χ3v) is 6.27. The standard InChI is InChI=1S/C22H20N4O6S/c1-32-20-13-7-17(8-14-20)15-23-24-22(27)16-25(18-9-11-19(12-10-18)26(28)29)33(30,31)21-5-3-2-4-6-21/h2-15H,16H2,1H3,(H,24,27)/b23-15-. The number of hydrazone groups is 1. The maximum atomic E-state index is 13.2. The molecule has 11 heteroatoms. The number of nitrogens with one attached hydrogen (secondary N) is 1. The zero-order valence-electron chi connectivity index (χ0n) is 17.5. The largest absolute Gasteiger partial charge is 0.497 e. The zero-order valence-corrected chi connectivity index (χ0v) is 18.3. The molecule has 1 N–H and O–H groups in total. The molecule has 10 nitrogen and oxygen atoms in total. The normalized spacial score (nSPS) is 11.2. The van der Waals surface area contributed by atoms with E-state index in [9.17, 15) is 23.3 Å². The number of non-ortho nitro benzene ring substituents is 1. The van der Waals surface area contributed by atoms with Gasteiger partial charge in [0.1, 0.15) is 12.3 Å². The van der Waals surface area contributed by atoms with Crippen LogP contribution in [0.1, 0.15) is 5.56 Å². The number of carbonyl (C=O) groups is 1. The maximum absolute atomic E-state index is 13.2. The Labute approximate surface area is 190 Å². The number of carbonyl (C=O) groups excluding carboxylic acids is 1. The first kappa shape index (κ1) is 23.4. The molecule has 0 aromatic heterocycles. The quantitative estimate of drug-likeness (QED) is 0.292. The molecule has 0 atom stereocenters. The van der Waals surface area contributed by atoms with Crippen LogP contribution >= 0.6 is 0 Å². The number of rotatable bonds is 9. The van der Waals surface area contributed by atoms with Crippen LogP contribution in [0, 0.1) is 10.1 Å². The molecule has 1 amide bonds. The number of amides is 1. The van der Waals surface area contributed by atoms with E-state index in [1.54, 1.807) is 49.6 Å². The van der Waals surface area contributed by atoms with Gasteiger partial charge in [0, 0.05) is 12.1 Å². The van der Waals surface area contributed by atoms with Gasteiger partial charge in [-0.2, -0.15) is 5.10 Å². The van der Waals surface area contributed by atoms with Crippen molar-refractivity contribution in [1.29, 1.82) is 0 Å². The van der Waals surface area contributed by atoms with Crippen molar-refractivity contribution in [3.8, 4) is 5.75 Å². The molecule has 0 heterocycles. The van der Waals surface area contributed by atoms with Crippen LogP contribution in [-0.2, 0) is 14.8 Å². The van der Waals surface area contributed by atoms with Gasteiger partial charge in [0.15, 0.2) is 0 Å². The minimum Gasteiger partial charge on any atom is -0.497 e. The van der Waals surface area contributed by atoms with Crippen LogP contribution < -0.4 is 14.5 Å². The van der Waals surface area contributed by atoms with Gasteiger partial charge in [-0.15, -0.1) is 0 Å². The van der Waals surface area contributed by atoms with Crippen molar-refractivity contribution in [2.45, 2.75) is 4.90 Å². The smallest absolute Gasteiger partial charge is 0.269 e. The summed E-state index contributed by atoms with van der Waals surface area (Å²) in [4.78, 5) is 22.8. The number of hydrogen-bond acceptors (Lipinski definition) is 7. The molecule has 3 aromatic carbocycles. The SMILES string of the molecule is COc1ccc(/C=N\NC(=O)CN(c2ccc([N+](=O)[O-])cc2)S(=O)(=O)c2ccccc2)cc1. The van der Waals surface area contributed by atoms with E-state index in [4.69, 9.17) is 4.74 Å². The lowest BCUT2D eigenvalue weighted by Crippen LogP contribution is -2.39. The second-order valence-corrected chi connectivity index (χ2v) is 8.53. The predicted molar refractivity (Wildman–Crippen MR) is 123 cm³/mol. The average molecular weight is 468 g/mol. The fourth-order valence-electron chi connectivity index (χ4n) is 2.81. The Hall–Kier alpha value is -4.25. The lowest BCUT2D eigenvalue weighted by atomic mass is 10.2. The summed E-state index contributed by atoms with van der Waals surface area (Å²) in [6.07, 6.45) is 1.40. The molecule has 0 aliphatic heterocycles. The Bertz CT molecular complexity index is 1240. The first-order valence-electron chi connectivity index (χ1n) is 9.59. The lowest BCUT2D eigenvalue weighted by molar-refractivity contribution is -0.384. The summed E-state index contributed by atoms with van der Waals surface area (Å²) in [5.74, 6) is -0.0290. The van der Waals surface area contributed by atoms with Crippen molar-refractivity contribution in [3.63, 3.8) is 0 Å². The van der Waals surface area contributed by atoms with Gasteiger partial charge < -0.3 is 4.74 Å². The summed E-state index contributed by atoms with van der Waals surface area (Å²) in [7, 11) is -2.59. The minimum absolute atomic E-state index is 0.0297. The fourth-order valence-corrected chi connectivity index (χ4v) is 4.25. The Morgan fingerprint density at radius 2 is 1.70 bits per heavy atom. The highest BCUT2D eigenvalue weighted by Crippen LogP contribution is 2.25. The molecule has 0 aliphatic rings. The fraction of sp³-hybridized carbons (Fsp3) is 0.0909. The third kappa shape index (κ3) is 5.92. The van der Waals surface area contributed by atoms with E-state index in [-0.39, 0.29) is 16.3 Å². The minimum atomic E-state index is -4.13. The first-order chi connectivity index (χ1) is 15.8. The Balaban J connectivity index is 1.82. The van der Waals surface area contributed by atoms with Gasteiger partial charge in [0.05, 0.1) is 28.8 Å². The van der Waals surface area contributed by atoms with Crippen LogP contribution in [-0.4, -0.2) is 39.1 Å². The maximum Gasteiger partial charge on any atom is 0.269 e. The molecule has 0 aliphatic carbocycles. The van der Waals surface area contributed by atoms with Crippen LogP contribution in [0.15, 0.2) is 88.9 Å². The number of sulfonamides is 1. The molecule has 3 rings (SSSR count). The molecule has 0 spiro atoms. The van der Waals surface area contributed by atoms with E-state index in [2.05, 4.69) is 10.5 Å². The second kappa shape index (κ2) is 10.4. The van der Waals surface area contributed by atoms with Gasteiger partial charge in [0.25, 0.3) is 21.6 Å². The predicted octanol–water partition coefficient (Wildman–Crippen LogP) is 2.95. The number of nitro groups is 1. The lowest BCUT2D eigenvalue weighted by Gasteiger charge is -2.23. The summed E-state index contributed by atoms with van der Waals surface area (Å²) in [5.41, 5.74) is 2.88. The van der Waals surface area contributed by atoms with Crippen LogP contribution in [0.2, 0.25) is 0 Å². The van der Waals surface area contributed by atoms with E-state index in [1.807, 2.05) is 0 Å². The summed E-state index contributed by atoms with van der Waals surface area (Å²) in [5, 5.41) is 14.8. The average Bonchev–Trinajstić information content (AvgIpc) is 2.83. The van der Waals surface area contributed by atoms with Gasteiger partial charge in [-0.25, -0.2) is 13.8 Å². The second-order valence-electron chi connectivity index (χ2n) is 6.66. The molecule has 0 unspecified atom stereocenters. The highest BCUT2D eigenvalue weighted by molar-refractivity contribution is 7.92. The number of methoxy groups -OCH3 is 1. The van der Waals surface area contributed by atoms with Crippen molar-refractivity contribution in [1.82, 2.24) is 5.43 Å². The number of nitrogens with zero attached hydrogens (tertiary/aromatic N) is 3. The van der Waals surface area contributed by atoms with Gasteiger partial charge >= 0.3 is 0 Å². The van der Waals surface area contributed by atoms with E-state index in [1.165, 1.54) is 42.6 Å². The first-order valence-corrected chi connectivity index (χ1v) is 11.0. The molecule has 0 fully saturated rings. The molecule has 0 saturated heterocycles. The number of anilines is 1.